The summed E-state index contributed by atoms with van der Waals surface area (Å²) >= 11 is 0. The predicted octanol–water partition coefficient (Wildman–Crippen LogP) is 4.69. The van der Waals surface area contributed by atoms with Crippen LogP contribution in [-0.2, 0) is 22.6 Å². The monoisotopic (exact) mass is 502 g/mol. The molecular formula is C24H33F3N2O4S. The standard InChI is InChI=1S/C24H33F3N2O4S/c1-18(2)29(34(30,31)21-9-6-8-20(17-21)24(25,26)27)14-7-13-28(3)15-12-19-10-11-22(32-4)23(16-19)33-5/h6,8-11,16-18H,7,12-15H2,1-5H3. The Morgan fingerprint density at radius 3 is 2.21 bits per heavy atom. The highest BCUT2D eigenvalue weighted by Gasteiger charge is 2.33. The second-order valence-electron chi connectivity index (χ2n) is 8.33. The molecule has 190 valence electrons. The van der Waals surface area contributed by atoms with Crippen molar-refractivity contribution in [1.29, 1.82) is 0 Å². The molecule has 34 heavy (non-hydrogen) atoms. The van der Waals surface area contributed by atoms with Crippen molar-refractivity contribution in [2.45, 2.75) is 43.8 Å². The molecule has 2 rings (SSSR count). The van der Waals surface area contributed by atoms with Crippen LogP contribution in [0.15, 0.2) is 47.4 Å². The summed E-state index contributed by atoms with van der Waals surface area (Å²) in [6.45, 7) is 5.01. The zero-order chi connectivity index (χ0) is 25.5. The molecule has 0 atom stereocenters. The quantitative estimate of drug-likeness (QED) is 0.422. The van der Waals surface area contributed by atoms with Crippen LogP contribution in [0.5, 0.6) is 11.5 Å². The number of methoxy groups -OCH3 is 2. The molecule has 0 aliphatic carbocycles. The maximum atomic E-state index is 13.1. The Labute approximate surface area is 200 Å². The zero-order valence-electron chi connectivity index (χ0n) is 20.2. The van der Waals surface area contributed by atoms with Gasteiger partial charge in [-0.25, -0.2) is 8.42 Å². The van der Waals surface area contributed by atoms with Crippen LogP contribution in [-0.4, -0.2) is 64.6 Å². The zero-order valence-corrected chi connectivity index (χ0v) is 21.0. The van der Waals surface area contributed by atoms with Gasteiger partial charge in [0.1, 0.15) is 0 Å². The van der Waals surface area contributed by atoms with Gasteiger partial charge in [-0.05, 0) is 76.2 Å². The van der Waals surface area contributed by atoms with Crippen molar-refractivity contribution in [1.82, 2.24) is 9.21 Å². The normalized spacial score (nSPS) is 12.6. The van der Waals surface area contributed by atoms with Gasteiger partial charge in [-0.3, -0.25) is 0 Å². The maximum Gasteiger partial charge on any atom is 0.416 e. The molecule has 0 aromatic heterocycles. The van der Waals surface area contributed by atoms with Gasteiger partial charge in [0.25, 0.3) is 0 Å². The van der Waals surface area contributed by atoms with Gasteiger partial charge in [-0.1, -0.05) is 12.1 Å². The van der Waals surface area contributed by atoms with Crippen LogP contribution in [0, 0.1) is 0 Å². The molecule has 2 aromatic carbocycles. The highest BCUT2D eigenvalue weighted by atomic mass is 32.2. The van der Waals surface area contributed by atoms with Gasteiger partial charge in [0.05, 0.1) is 24.7 Å². The molecule has 10 heteroatoms. The Morgan fingerprint density at radius 2 is 1.62 bits per heavy atom. The third kappa shape index (κ3) is 7.35. The fourth-order valence-corrected chi connectivity index (χ4v) is 5.31. The summed E-state index contributed by atoms with van der Waals surface area (Å²) in [5.74, 6) is 1.32. The second kappa shape index (κ2) is 11.9. The summed E-state index contributed by atoms with van der Waals surface area (Å²) in [4.78, 5) is 1.74. The highest BCUT2D eigenvalue weighted by molar-refractivity contribution is 7.89. The molecule has 0 bridgehead atoms. The molecule has 0 heterocycles. The van der Waals surface area contributed by atoms with Crippen molar-refractivity contribution < 1.29 is 31.1 Å². The summed E-state index contributed by atoms with van der Waals surface area (Å²) < 4.78 is 77.1. The molecule has 6 nitrogen and oxygen atoms in total. The van der Waals surface area contributed by atoms with Crippen LogP contribution in [0.2, 0.25) is 0 Å². The molecule has 2 aromatic rings. The number of benzene rings is 2. The van der Waals surface area contributed by atoms with E-state index < -0.39 is 27.8 Å². The first-order valence-electron chi connectivity index (χ1n) is 11.0. The van der Waals surface area contributed by atoms with E-state index in [-0.39, 0.29) is 11.4 Å². The molecule has 0 N–H and O–H groups in total. The Kier molecular flexibility index (Phi) is 9.78. The van der Waals surface area contributed by atoms with Crippen LogP contribution < -0.4 is 9.47 Å². The van der Waals surface area contributed by atoms with Crippen LogP contribution in [0.25, 0.3) is 0 Å². The number of hydrogen-bond donors (Lipinski definition) is 0. The Morgan fingerprint density at radius 1 is 0.941 bits per heavy atom. The number of rotatable bonds is 12. The van der Waals surface area contributed by atoms with Crippen LogP contribution in [0.3, 0.4) is 0 Å². The topological polar surface area (TPSA) is 59.1 Å². The molecule has 0 saturated carbocycles. The molecule has 0 unspecified atom stereocenters. The molecule has 0 spiro atoms. The lowest BCUT2D eigenvalue weighted by Gasteiger charge is -2.27. The fourth-order valence-electron chi connectivity index (χ4n) is 3.59. The number of hydrogen-bond acceptors (Lipinski definition) is 5. The number of nitrogens with zero attached hydrogens (tertiary/aromatic N) is 2. The van der Waals surface area contributed by atoms with Crippen LogP contribution in [0.1, 0.15) is 31.4 Å². The lowest BCUT2D eigenvalue weighted by Crippen LogP contribution is -2.39. The van der Waals surface area contributed by atoms with Gasteiger partial charge < -0.3 is 14.4 Å². The summed E-state index contributed by atoms with van der Waals surface area (Å²) in [6.07, 6.45) is -3.29. The first-order chi connectivity index (χ1) is 15.9. The van der Waals surface area contributed by atoms with Gasteiger partial charge in [-0.15, -0.1) is 0 Å². The van der Waals surface area contributed by atoms with Crippen LogP contribution >= 0.6 is 0 Å². The van der Waals surface area contributed by atoms with Gasteiger partial charge in [-0.2, -0.15) is 17.5 Å². The SMILES string of the molecule is COc1ccc(CCN(C)CCCN(C(C)C)S(=O)(=O)c2cccc(C(F)(F)F)c2)cc1OC. The number of sulfonamides is 1. The lowest BCUT2D eigenvalue weighted by atomic mass is 10.1. The smallest absolute Gasteiger partial charge is 0.416 e. The highest BCUT2D eigenvalue weighted by Crippen LogP contribution is 2.31. The summed E-state index contributed by atoms with van der Waals surface area (Å²) in [6, 6.07) is 9.24. The average Bonchev–Trinajstić information content (AvgIpc) is 2.79. The maximum absolute atomic E-state index is 13.1. The van der Waals surface area contributed by atoms with Crippen molar-refractivity contribution in [3.05, 3.63) is 53.6 Å². The molecule has 0 aliphatic heterocycles. The third-order valence-corrected chi connectivity index (χ3v) is 7.56. The van der Waals surface area contributed by atoms with Gasteiger partial charge in [0.2, 0.25) is 10.0 Å². The molecule has 0 aliphatic rings. The minimum Gasteiger partial charge on any atom is -0.493 e. The van der Waals surface area contributed by atoms with Crippen molar-refractivity contribution in [3.63, 3.8) is 0 Å². The first-order valence-corrected chi connectivity index (χ1v) is 12.4. The predicted molar refractivity (Wildman–Crippen MR) is 126 cm³/mol. The van der Waals surface area contributed by atoms with Crippen molar-refractivity contribution >= 4 is 10.0 Å². The van der Waals surface area contributed by atoms with Crippen molar-refractivity contribution in [2.24, 2.45) is 0 Å². The summed E-state index contributed by atoms with van der Waals surface area (Å²) in [7, 11) is 1.05. The largest absolute Gasteiger partial charge is 0.493 e. The van der Waals surface area contributed by atoms with E-state index in [1.54, 1.807) is 28.1 Å². The number of halogens is 3. The number of likely N-dealkylation sites (N-methyl/N-ethyl adjacent to an activating group) is 1. The van der Waals surface area contributed by atoms with E-state index in [4.69, 9.17) is 9.47 Å². The third-order valence-electron chi connectivity index (χ3n) is 5.49. The van der Waals surface area contributed by atoms with Gasteiger partial charge in [0, 0.05) is 19.1 Å². The van der Waals surface area contributed by atoms with Gasteiger partial charge >= 0.3 is 6.18 Å². The lowest BCUT2D eigenvalue weighted by molar-refractivity contribution is -0.137. The summed E-state index contributed by atoms with van der Waals surface area (Å²) in [5.41, 5.74) is 0.104. The Hall–Kier alpha value is -2.30. The van der Waals surface area contributed by atoms with Crippen molar-refractivity contribution in [3.8, 4) is 11.5 Å². The molecular weight excluding hydrogens is 469 g/mol. The van der Waals surface area contributed by atoms with E-state index in [1.165, 1.54) is 10.4 Å². The summed E-state index contributed by atoms with van der Waals surface area (Å²) in [5, 5.41) is 0. The molecule has 0 fully saturated rings. The molecule has 0 amide bonds. The van der Waals surface area contributed by atoms with Gasteiger partial charge in [0.15, 0.2) is 11.5 Å². The van der Waals surface area contributed by atoms with E-state index in [1.807, 2.05) is 25.2 Å². The van der Waals surface area contributed by atoms with E-state index >= 15 is 0 Å². The minimum atomic E-state index is -4.61. The Bertz CT molecular complexity index is 1040. The van der Waals surface area contributed by atoms with Crippen LogP contribution in [0.4, 0.5) is 13.2 Å². The van der Waals surface area contributed by atoms with E-state index in [2.05, 4.69) is 4.90 Å². The van der Waals surface area contributed by atoms with Crippen molar-refractivity contribution in [2.75, 3.05) is 40.9 Å². The number of ether oxygens (including phenoxy) is 2. The van der Waals surface area contributed by atoms with E-state index in [0.717, 1.165) is 30.7 Å². The minimum absolute atomic E-state index is 0.205. The number of alkyl halides is 3. The molecule has 0 saturated heterocycles. The van der Waals surface area contributed by atoms with E-state index in [9.17, 15) is 21.6 Å². The fraction of sp³-hybridized carbons (Fsp3) is 0.500. The molecule has 0 radical (unpaired) electrons. The Balaban J connectivity index is 1.98. The van der Waals surface area contributed by atoms with E-state index in [0.29, 0.717) is 30.5 Å². The first kappa shape index (κ1) is 27.9. The second-order valence-corrected chi connectivity index (χ2v) is 10.2. The average molecular weight is 503 g/mol.